The molecule has 1 spiro atoms. The van der Waals surface area contributed by atoms with Crippen LogP contribution in [0, 0.1) is 12.7 Å². The Hall–Kier alpha value is -4.33. The third-order valence-corrected chi connectivity index (χ3v) is 8.79. The SMILES string of the molecule is Cc1cc(N2CCC(=O)C23CCN(C(=O)c2cc(-c4cccnc4)n(-c4ccc(C(C)(C)C)cc4)n2)CC3)ccc1F. The van der Waals surface area contributed by atoms with E-state index in [1.165, 1.54) is 11.6 Å². The number of rotatable bonds is 4. The van der Waals surface area contributed by atoms with E-state index in [9.17, 15) is 14.0 Å². The zero-order valence-corrected chi connectivity index (χ0v) is 24.6. The molecule has 6 rings (SSSR count). The molecular weight excluding hydrogens is 529 g/mol. The van der Waals surface area contributed by atoms with Gasteiger partial charge in [0.25, 0.3) is 5.91 Å². The lowest BCUT2D eigenvalue weighted by Crippen LogP contribution is -2.56. The Bertz CT molecular complexity index is 1630. The number of aryl methyl sites for hydroxylation is 1. The average Bonchev–Trinajstić information content (AvgIpc) is 3.57. The van der Waals surface area contributed by atoms with E-state index in [0.29, 0.717) is 50.2 Å². The first kappa shape index (κ1) is 27.8. The van der Waals surface area contributed by atoms with E-state index >= 15 is 0 Å². The van der Waals surface area contributed by atoms with Crippen molar-refractivity contribution in [3.63, 3.8) is 0 Å². The molecule has 0 radical (unpaired) electrons. The van der Waals surface area contributed by atoms with Crippen LogP contribution in [0.15, 0.2) is 73.1 Å². The molecule has 2 aromatic carbocycles. The third-order valence-electron chi connectivity index (χ3n) is 8.79. The van der Waals surface area contributed by atoms with Crippen LogP contribution in [0.4, 0.5) is 10.1 Å². The maximum absolute atomic E-state index is 14.0. The number of Topliss-reactive ketones (excluding diaryl/α,β-unsaturated/α-hetero) is 1. The van der Waals surface area contributed by atoms with Crippen molar-refractivity contribution in [3.8, 4) is 16.9 Å². The lowest BCUT2D eigenvalue weighted by molar-refractivity contribution is -0.123. The number of halogens is 1. The third kappa shape index (κ3) is 4.89. The Balaban J connectivity index is 1.27. The standard InChI is InChI=1S/C34H36FN5O2/c1-23-20-27(11-12-28(23)35)39-17-13-31(41)34(39)14-18-38(19-15-34)32(42)29-21-30(24-6-5-16-36-22-24)40(37-29)26-9-7-25(8-10-26)33(2,3)4/h5-12,16,20-22H,13-15,17-19H2,1-4H3. The minimum absolute atomic E-state index is 0.0212. The molecule has 42 heavy (non-hydrogen) atoms. The maximum Gasteiger partial charge on any atom is 0.274 e. The maximum atomic E-state index is 14.0. The highest BCUT2D eigenvalue weighted by Crippen LogP contribution is 2.40. The number of aromatic nitrogens is 3. The van der Waals surface area contributed by atoms with Crippen molar-refractivity contribution < 1.29 is 14.0 Å². The predicted molar refractivity (Wildman–Crippen MR) is 161 cm³/mol. The smallest absolute Gasteiger partial charge is 0.274 e. The Morgan fingerprint density at radius 2 is 1.67 bits per heavy atom. The first-order valence-corrected chi connectivity index (χ1v) is 14.5. The molecule has 0 unspecified atom stereocenters. The molecule has 8 heteroatoms. The van der Waals surface area contributed by atoms with Gasteiger partial charge in [0, 0.05) is 49.7 Å². The number of hydrogen-bond acceptors (Lipinski definition) is 5. The minimum Gasteiger partial charge on any atom is -0.358 e. The quantitative estimate of drug-likeness (QED) is 0.298. The van der Waals surface area contributed by atoms with Crippen molar-refractivity contribution in [2.24, 2.45) is 0 Å². The molecule has 4 aromatic rings. The first-order valence-electron chi connectivity index (χ1n) is 14.5. The Labute approximate surface area is 246 Å². The van der Waals surface area contributed by atoms with Gasteiger partial charge in [0.15, 0.2) is 11.5 Å². The van der Waals surface area contributed by atoms with Gasteiger partial charge >= 0.3 is 0 Å². The van der Waals surface area contributed by atoms with Gasteiger partial charge in [-0.1, -0.05) is 32.9 Å². The topological polar surface area (TPSA) is 71.3 Å². The predicted octanol–water partition coefficient (Wildman–Crippen LogP) is 6.13. The summed E-state index contributed by atoms with van der Waals surface area (Å²) in [7, 11) is 0. The Morgan fingerprint density at radius 1 is 0.952 bits per heavy atom. The van der Waals surface area contributed by atoms with Crippen LogP contribution in [0.25, 0.3) is 16.9 Å². The second-order valence-corrected chi connectivity index (χ2v) is 12.4. The van der Waals surface area contributed by atoms with E-state index in [1.54, 1.807) is 35.0 Å². The van der Waals surface area contributed by atoms with Crippen molar-refractivity contribution in [1.29, 1.82) is 0 Å². The minimum atomic E-state index is -0.671. The van der Waals surface area contributed by atoms with E-state index in [1.807, 2.05) is 36.4 Å². The molecule has 2 saturated heterocycles. The summed E-state index contributed by atoms with van der Waals surface area (Å²) >= 11 is 0. The van der Waals surface area contributed by atoms with Crippen LogP contribution in [-0.4, -0.2) is 56.5 Å². The fraction of sp³-hybridized carbons (Fsp3) is 0.353. The normalized spacial score (nSPS) is 16.8. The number of amides is 1. The molecule has 1 amide bonds. The van der Waals surface area contributed by atoms with Crippen LogP contribution < -0.4 is 4.90 Å². The largest absolute Gasteiger partial charge is 0.358 e. The number of benzene rings is 2. The van der Waals surface area contributed by atoms with E-state index in [2.05, 4.69) is 42.8 Å². The highest BCUT2D eigenvalue weighted by Gasteiger charge is 2.50. The molecule has 2 fully saturated rings. The Morgan fingerprint density at radius 3 is 2.31 bits per heavy atom. The van der Waals surface area contributed by atoms with Gasteiger partial charge in [-0.3, -0.25) is 14.6 Å². The number of piperidine rings is 1. The molecule has 0 bridgehead atoms. The zero-order valence-electron chi connectivity index (χ0n) is 24.6. The van der Waals surface area contributed by atoms with Gasteiger partial charge in [-0.25, -0.2) is 9.07 Å². The molecule has 2 aliphatic rings. The van der Waals surface area contributed by atoms with E-state index in [-0.39, 0.29) is 22.9 Å². The number of pyridine rings is 1. The van der Waals surface area contributed by atoms with Gasteiger partial charge in [0.2, 0.25) is 0 Å². The van der Waals surface area contributed by atoms with Crippen molar-refractivity contribution in [3.05, 3.63) is 95.7 Å². The van der Waals surface area contributed by atoms with Gasteiger partial charge in [-0.15, -0.1) is 0 Å². The van der Waals surface area contributed by atoms with Crippen molar-refractivity contribution in [2.45, 2.75) is 57.9 Å². The second-order valence-electron chi connectivity index (χ2n) is 12.4. The van der Waals surface area contributed by atoms with Gasteiger partial charge in [0.1, 0.15) is 11.4 Å². The monoisotopic (exact) mass is 565 g/mol. The summed E-state index contributed by atoms with van der Waals surface area (Å²) in [5.41, 5.74) is 4.85. The van der Waals surface area contributed by atoms with Crippen molar-refractivity contribution in [1.82, 2.24) is 19.7 Å². The molecule has 2 aliphatic heterocycles. The van der Waals surface area contributed by atoms with Crippen LogP contribution >= 0.6 is 0 Å². The van der Waals surface area contributed by atoms with E-state index in [4.69, 9.17) is 5.10 Å². The van der Waals surface area contributed by atoms with Gasteiger partial charge < -0.3 is 9.80 Å². The van der Waals surface area contributed by atoms with Gasteiger partial charge in [-0.2, -0.15) is 5.10 Å². The molecular formula is C34H36FN5O2. The summed E-state index contributed by atoms with van der Waals surface area (Å²) in [4.78, 5) is 35.3. The fourth-order valence-electron chi connectivity index (χ4n) is 6.28. The van der Waals surface area contributed by atoms with E-state index < -0.39 is 5.54 Å². The summed E-state index contributed by atoms with van der Waals surface area (Å²) in [5.74, 6) is -0.220. The first-order chi connectivity index (χ1) is 20.1. The van der Waals surface area contributed by atoms with Crippen LogP contribution in [0.5, 0.6) is 0 Å². The number of nitrogens with zero attached hydrogens (tertiary/aromatic N) is 5. The fourth-order valence-corrected chi connectivity index (χ4v) is 6.28. The zero-order chi connectivity index (χ0) is 29.6. The van der Waals surface area contributed by atoms with E-state index in [0.717, 1.165) is 22.6 Å². The Kier molecular flexibility index (Phi) is 6.95. The highest BCUT2D eigenvalue weighted by atomic mass is 19.1. The number of carbonyl (C=O) groups is 2. The number of anilines is 1. The molecule has 7 nitrogen and oxygen atoms in total. The van der Waals surface area contributed by atoms with Crippen LogP contribution in [0.2, 0.25) is 0 Å². The highest BCUT2D eigenvalue weighted by molar-refractivity contribution is 5.97. The molecule has 0 saturated carbocycles. The summed E-state index contributed by atoms with van der Waals surface area (Å²) in [6.07, 6.45) is 5.00. The summed E-state index contributed by atoms with van der Waals surface area (Å²) < 4.78 is 15.8. The molecule has 0 N–H and O–H groups in total. The molecule has 0 atom stereocenters. The van der Waals surface area contributed by atoms with Crippen molar-refractivity contribution in [2.75, 3.05) is 24.5 Å². The summed E-state index contributed by atoms with van der Waals surface area (Å²) in [5, 5.41) is 4.79. The number of ketones is 1. The second kappa shape index (κ2) is 10.5. The van der Waals surface area contributed by atoms with Crippen LogP contribution in [0.3, 0.4) is 0 Å². The number of hydrogen-bond donors (Lipinski definition) is 0. The molecule has 2 aromatic heterocycles. The van der Waals surface area contributed by atoms with Gasteiger partial charge in [0.05, 0.1) is 11.4 Å². The molecule has 0 aliphatic carbocycles. The van der Waals surface area contributed by atoms with Crippen LogP contribution in [-0.2, 0) is 10.2 Å². The van der Waals surface area contributed by atoms with Gasteiger partial charge in [-0.05, 0) is 84.8 Å². The number of likely N-dealkylation sites (tertiary alicyclic amines) is 1. The summed E-state index contributed by atoms with van der Waals surface area (Å²) in [6, 6.07) is 18.9. The molecule has 216 valence electrons. The average molecular weight is 566 g/mol. The lowest BCUT2D eigenvalue weighted by Gasteiger charge is -2.44. The molecule has 4 heterocycles. The lowest BCUT2D eigenvalue weighted by atomic mass is 9.83. The summed E-state index contributed by atoms with van der Waals surface area (Å²) in [6.45, 7) is 9.75. The van der Waals surface area contributed by atoms with Crippen molar-refractivity contribution >= 4 is 17.4 Å². The number of carbonyl (C=O) groups excluding carboxylic acids is 2. The van der Waals surface area contributed by atoms with Crippen LogP contribution in [0.1, 0.15) is 61.6 Å².